The Labute approximate surface area is 190 Å². The van der Waals surface area contributed by atoms with Crippen molar-refractivity contribution in [1.82, 2.24) is 19.2 Å². The molecule has 0 aromatic carbocycles. The molecule has 3 aliphatic rings. The monoisotopic (exact) mass is 431 g/mol. The molecule has 2 aliphatic heterocycles. The van der Waals surface area contributed by atoms with Crippen molar-refractivity contribution in [3.05, 3.63) is 53.8 Å². The minimum absolute atomic E-state index is 0.00691. The summed E-state index contributed by atoms with van der Waals surface area (Å²) in [7, 11) is 0. The second-order valence-corrected chi connectivity index (χ2v) is 9.61. The lowest BCUT2D eigenvalue weighted by Gasteiger charge is -2.42. The van der Waals surface area contributed by atoms with Crippen LogP contribution in [-0.2, 0) is 4.79 Å². The molecule has 1 amide bonds. The van der Waals surface area contributed by atoms with Gasteiger partial charge in [0.25, 0.3) is 5.91 Å². The van der Waals surface area contributed by atoms with Gasteiger partial charge in [-0.2, -0.15) is 0 Å². The average molecular weight is 432 g/mol. The standard InChI is InChI=1S/C26H33N5O/c1-18(22-7-8-25-28-19(2)15-30(25)16-22)13-26(32)31-17-24(27-14-20(31)3)21-9-11-29(12-10-21)23-5-4-6-23/h7-8,13-17,20-21,23H,4-6,9-12H2,1-3H3/b18-13+. The topological polar surface area (TPSA) is 53.2 Å². The van der Waals surface area contributed by atoms with Crippen molar-refractivity contribution in [3.63, 3.8) is 0 Å². The third-order valence-corrected chi connectivity index (χ3v) is 7.31. The number of carbonyl (C=O) groups is 1. The number of aromatic nitrogens is 2. The summed E-state index contributed by atoms with van der Waals surface area (Å²) >= 11 is 0. The molecule has 1 aliphatic carbocycles. The van der Waals surface area contributed by atoms with Gasteiger partial charge in [0.05, 0.1) is 17.4 Å². The number of aryl methyl sites for hydroxylation is 1. The summed E-state index contributed by atoms with van der Waals surface area (Å²) < 4.78 is 2.01. The fraction of sp³-hybridized carbons (Fsp3) is 0.500. The van der Waals surface area contributed by atoms with Crippen LogP contribution in [0.1, 0.15) is 57.2 Å². The first kappa shape index (κ1) is 21.1. The lowest BCUT2D eigenvalue weighted by atomic mass is 9.87. The van der Waals surface area contributed by atoms with Gasteiger partial charge in [0, 0.05) is 42.8 Å². The van der Waals surface area contributed by atoms with Crippen LogP contribution in [0.25, 0.3) is 11.2 Å². The molecule has 0 radical (unpaired) electrons. The number of fused-ring (bicyclic) bond motifs is 1. The van der Waals surface area contributed by atoms with E-state index in [1.54, 1.807) is 6.08 Å². The van der Waals surface area contributed by atoms with Crippen molar-refractivity contribution in [2.75, 3.05) is 13.1 Å². The quantitative estimate of drug-likeness (QED) is 0.672. The number of amides is 1. The number of likely N-dealkylation sites (tertiary alicyclic amines) is 1. The Hall–Kier alpha value is -2.73. The summed E-state index contributed by atoms with van der Waals surface area (Å²) in [6.45, 7) is 8.31. The van der Waals surface area contributed by atoms with E-state index >= 15 is 0 Å². The second-order valence-electron chi connectivity index (χ2n) is 9.61. The third kappa shape index (κ3) is 4.16. The van der Waals surface area contributed by atoms with Gasteiger partial charge in [0.2, 0.25) is 0 Å². The number of carbonyl (C=O) groups excluding carboxylic acids is 1. The Morgan fingerprint density at radius 1 is 1.12 bits per heavy atom. The van der Waals surface area contributed by atoms with E-state index in [1.165, 1.54) is 19.3 Å². The summed E-state index contributed by atoms with van der Waals surface area (Å²) in [5, 5.41) is 0. The molecule has 2 aromatic heterocycles. The molecule has 1 saturated carbocycles. The van der Waals surface area contributed by atoms with Gasteiger partial charge < -0.3 is 14.2 Å². The molecule has 32 heavy (non-hydrogen) atoms. The number of hydrogen-bond acceptors (Lipinski definition) is 4. The smallest absolute Gasteiger partial charge is 0.251 e. The van der Waals surface area contributed by atoms with E-state index in [-0.39, 0.29) is 11.9 Å². The highest BCUT2D eigenvalue weighted by molar-refractivity contribution is 5.97. The highest BCUT2D eigenvalue weighted by Crippen LogP contribution is 2.33. The van der Waals surface area contributed by atoms with E-state index in [2.05, 4.69) is 9.88 Å². The lowest BCUT2D eigenvalue weighted by molar-refractivity contribution is -0.124. The lowest BCUT2D eigenvalue weighted by Crippen LogP contribution is -2.45. The highest BCUT2D eigenvalue weighted by Gasteiger charge is 2.31. The first-order valence-corrected chi connectivity index (χ1v) is 11.9. The van der Waals surface area contributed by atoms with Crippen LogP contribution in [0.4, 0.5) is 0 Å². The zero-order valence-corrected chi connectivity index (χ0v) is 19.4. The highest BCUT2D eigenvalue weighted by atomic mass is 16.2. The van der Waals surface area contributed by atoms with Crippen LogP contribution < -0.4 is 0 Å². The van der Waals surface area contributed by atoms with E-state index in [0.29, 0.717) is 5.92 Å². The van der Waals surface area contributed by atoms with Crippen LogP contribution in [0.15, 0.2) is 47.5 Å². The molecule has 168 valence electrons. The molecule has 4 heterocycles. The summed E-state index contributed by atoms with van der Waals surface area (Å²) in [6, 6.07) is 4.80. The number of imidazole rings is 1. The van der Waals surface area contributed by atoms with E-state index in [1.807, 2.05) is 67.0 Å². The van der Waals surface area contributed by atoms with E-state index in [9.17, 15) is 4.79 Å². The molecule has 1 saturated heterocycles. The molecule has 2 fully saturated rings. The number of allylic oxidation sites excluding steroid dienone is 2. The predicted octanol–water partition coefficient (Wildman–Crippen LogP) is 4.45. The Bertz CT molecular complexity index is 1100. The molecule has 0 bridgehead atoms. The minimum atomic E-state index is -0.0378. The Morgan fingerprint density at radius 3 is 2.62 bits per heavy atom. The van der Waals surface area contributed by atoms with Crippen LogP contribution in [-0.4, -0.2) is 56.5 Å². The maximum atomic E-state index is 13.2. The van der Waals surface area contributed by atoms with Crippen LogP contribution in [0.3, 0.4) is 0 Å². The summed E-state index contributed by atoms with van der Waals surface area (Å²) in [4.78, 5) is 26.9. The number of piperidine rings is 1. The number of pyridine rings is 1. The van der Waals surface area contributed by atoms with Gasteiger partial charge >= 0.3 is 0 Å². The van der Waals surface area contributed by atoms with E-state index in [4.69, 9.17) is 4.99 Å². The number of nitrogens with zero attached hydrogens (tertiary/aromatic N) is 5. The van der Waals surface area contributed by atoms with Crippen LogP contribution >= 0.6 is 0 Å². The largest absolute Gasteiger partial charge is 0.306 e. The summed E-state index contributed by atoms with van der Waals surface area (Å²) in [5.41, 5.74) is 4.93. The van der Waals surface area contributed by atoms with Gasteiger partial charge in [-0.25, -0.2) is 4.98 Å². The molecule has 6 nitrogen and oxygen atoms in total. The SMILES string of the molecule is C/C(=C\C(=O)N1C=C(C2CCN(C3CCC3)CC2)N=CC1C)c1ccc2nc(C)cn2c1. The molecule has 0 N–H and O–H groups in total. The second kappa shape index (κ2) is 8.66. The first-order chi connectivity index (χ1) is 15.5. The van der Waals surface area contributed by atoms with Crippen molar-refractivity contribution in [3.8, 4) is 0 Å². The zero-order valence-electron chi connectivity index (χ0n) is 19.4. The minimum Gasteiger partial charge on any atom is -0.306 e. The Morgan fingerprint density at radius 2 is 1.91 bits per heavy atom. The fourth-order valence-corrected chi connectivity index (χ4v) is 5.04. The van der Waals surface area contributed by atoms with Crippen molar-refractivity contribution in [1.29, 1.82) is 0 Å². The maximum absolute atomic E-state index is 13.2. The van der Waals surface area contributed by atoms with Crippen LogP contribution in [0.2, 0.25) is 0 Å². The van der Waals surface area contributed by atoms with Crippen molar-refractivity contribution >= 4 is 23.3 Å². The maximum Gasteiger partial charge on any atom is 0.251 e. The Balaban J connectivity index is 1.29. The van der Waals surface area contributed by atoms with E-state index in [0.717, 1.165) is 60.1 Å². The molecule has 6 heteroatoms. The zero-order chi connectivity index (χ0) is 22.2. The fourth-order valence-electron chi connectivity index (χ4n) is 5.04. The molecule has 1 unspecified atom stereocenters. The molecular weight excluding hydrogens is 398 g/mol. The number of hydrogen-bond donors (Lipinski definition) is 0. The van der Waals surface area contributed by atoms with Gasteiger partial charge in [0.1, 0.15) is 5.65 Å². The van der Waals surface area contributed by atoms with Crippen LogP contribution in [0, 0.1) is 12.8 Å². The molecular formula is C26H33N5O. The van der Waals surface area contributed by atoms with Crippen LogP contribution in [0.5, 0.6) is 0 Å². The third-order valence-electron chi connectivity index (χ3n) is 7.31. The molecule has 5 rings (SSSR count). The van der Waals surface area contributed by atoms with Crippen molar-refractivity contribution < 1.29 is 4.79 Å². The average Bonchev–Trinajstić information content (AvgIpc) is 3.12. The van der Waals surface area contributed by atoms with Crippen molar-refractivity contribution in [2.45, 2.75) is 65.0 Å². The summed E-state index contributed by atoms with van der Waals surface area (Å²) in [5.74, 6) is 0.454. The van der Waals surface area contributed by atoms with Gasteiger partial charge in [0.15, 0.2) is 0 Å². The first-order valence-electron chi connectivity index (χ1n) is 11.9. The van der Waals surface area contributed by atoms with Gasteiger partial charge in [-0.1, -0.05) is 6.42 Å². The molecule has 0 spiro atoms. The summed E-state index contributed by atoms with van der Waals surface area (Å²) in [6.07, 6.45) is 16.1. The predicted molar refractivity (Wildman–Crippen MR) is 128 cm³/mol. The van der Waals surface area contributed by atoms with E-state index < -0.39 is 0 Å². The van der Waals surface area contributed by atoms with Gasteiger partial charge in [-0.05, 0) is 82.8 Å². The Kier molecular flexibility index (Phi) is 5.72. The number of aliphatic imine (C=N–C) groups is 1. The number of rotatable bonds is 4. The molecule has 2 aromatic rings. The molecule has 1 atom stereocenters. The normalized spacial score (nSPS) is 23.5. The van der Waals surface area contributed by atoms with Gasteiger partial charge in [-0.15, -0.1) is 0 Å². The van der Waals surface area contributed by atoms with Crippen molar-refractivity contribution in [2.24, 2.45) is 10.9 Å². The van der Waals surface area contributed by atoms with Gasteiger partial charge in [-0.3, -0.25) is 9.79 Å².